The number of hydrogen-bond acceptors (Lipinski definition) is 6. The molecule has 0 saturated carbocycles. The first-order chi connectivity index (χ1) is 16.8. The summed E-state index contributed by atoms with van der Waals surface area (Å²) in [6.45, 7) is 1.70. The van der Waals surface area contributed by atoms with Crippen LogP contribution in [0.2, 0.25) is 5.02 Å². The molecule has 0 saturated heterocycles. The average molecular weight is 513 g/mol. The second kappa shape index (κ2) is 8.67. The minimum Gasteiger partial charge on any atom is -0.480 e. The number of H-pyrrole nitrogens is 2. The Hall–Kier alpha value is -3.96. The Morgan fingerprint density at radius 2 is 1.97 bits per heavy atom. The fraction of sp³-hybridized carbons (Fsp3) is 0.0870. The Balaban J connectivity index is 1.56. The molecule has 5 rings (SSSR count). The molecule has 9 nitrogen and oxygen atoms in total. The highest BCUT2D eigenvalue weighted by molar-refractivity contribution is 7.92. The van der Waals surface area contributed by atoms with E-state index in [0.717, 1.165) is 0 Å². The summed E-state index contributed by atoms with van der Waals surface area (Å²) in [6.07, 6.45) is 4.54. The molecule has 0 fully saturated rings. The SMILES string of the molecule is COc1ncc(Cl)cc1S(=O)(=O)Nc1cccc(-c2ccc3c(-c4ncc[nH]4)n[nH]c3c2F)c1C. The molecule has 2 aromatic carbocycles. The summed E-state index contributed by atoms with van der Waals surface area (Å²) in [4.78, 5) is 10.8. The molecule has 0 aliphatic heterocycles. The van der Waals surface area contributed by atoms with Crippen molar-refractivity contribution in [1.82, 2.24) is 25.1 Å². The van der Waals surface area contributed by atoms with E-state index in [2.05, 4.69) is 29.9 Å². The minimum absolute atomic E-state index is 0.0983. The van der Waals surface area contributed by atoms with Gasteiger partial charge in [-0.25, -0.2) is 22.8 Å². The molecule has 0 bridgehead atoms. The van der Waals surface area contributed by atoms with E-state index in [0.29, 0.717) is 28.0 Å². The van der Waals surface area contributed by atoms with Crippen LogP contribution in [0.15, 0.2) is 59.9 Å². The van der Waals surface area contributed by atoms with E-state index in [9.17, 15) is 8.42 Å². The standard InChI is InChI=1S/C23H18ClFN6O3S/c1-12-14(15-6-7-16-20(19(15)25)29-30-21(16)22-26-8-9-27-22)4-3-5-17(12)31-35(32,33)18-10-13(24)11-28-23(18)34-2/h3-11,31H,1-2H3,(H,26,27)(H,29,30). The number of nitrogens with one attached hydrogen (secondary N) is 3. The molecular formula is C23H18ClFN6O3S. The first-order valence-electron chi connectivity index (χ1n) is 10.3. The van der Waals surface area contributed by atoms with E-state index >= 15 is 4.39 Å². The molecule has 3 N–H and O–H groups in total. The Labute approximate surface area is 204 Å². The van der Waals surface area contributed by atoms with E-state index < -0.39 is 15.8 Å². The number of rotatable bonds is 6. The van der Waals surface area contributed by atoms with E-state index in [1.807, 2.05) is 0 Å². The number of methoxy groups -OCH3 is 1. The Morgan fingerprint density at radius 3 is 2.71 bits per heavy atom. The number of imidazole rings is 1. The number of ether oxygens (including phenoxy) is 1. The highest BCUT2D eigenvalue weighted by Gasteiger charge is 2.24. The van der Waals surface area contributed by atoms with E-state index in [-0.39, 0.29) is 32.6 Å². The first-order valence-corrected chi connectivity index (χ1v) is 12.1. The van der Waals surface area contributed by atoms with Crippen LogP contribution in [0.25, 0.3) is 33.5 Å². The fourth-order valence-electron chi connectivity index (χ4n) is 3.83. The number of benzene rings is 2. The maximum absolute atomic E-state index is 15.6. The number of aromatic nitrogens is 5. The van der Waals surface area contributed by atoms with Crippen molar-refractivity contribution in [3.63, 3.8) is 0 Å². The summed E-state index contributed by atoms with van der Waals surface area (Å²) in [5, 5.41) is 7.64. The van der Waals surface area contributed by atoms with E-state index in [1.165, 1.54) is 19.4 Å². The zero-order valence-electron chi connectivity index (χ0n) is 18.4. The number of aromatic amines is 2. The summed E-state index contributed by atoms with van der Waals surface area (Å²) in [6, 6.07) is 9.55. The van der Waals surface area contributed by atoms with Gasteiger partial charge >= 0.3 is 0 Å². The van der Waals surface area contributed by atoms with Crippen molar-refractivity contribution in [2.45, 2.75) is 11.8 Å². The lowest BCUT2D eigenvalue weighted by molar-refractivity contribution is 0.385. The fourth-order valence-corrected chi connectivity index (χ4v) is 5.32. The first kappa shape index (κ1) is 22.8. The van der Waals surface area contributed by atoms with Crippen LogP contribution in [0.3, 0.4) is 0 Å². The van der Waals surface area contributed by atoms with Crippen LogP contribution < -0.4 is 9.46 Å². The summed E-state index contributed by atoms with van der Waals surface area (Å²) in [7, 11) is -2.80. The number of fused-ring (bicyclic) bond motifs is 1. The lowest BCUT2D eigenvalue weighted by atomic mass is 9.97. The van der Waals surface area contributed by atoms with Gasteiger partial charge in [0.1, 0.15) is 11.2 Å². The highest BCUT2D eigenvalue weighted by atomic mass is 35.5. The van der Waals surface area contributed by atoms with Crippen LogP contribution >= 0.6 is 11.6 Å². The van der Waals surface area contributed by atoms with Crippen molar-refractivity contribution in [2.24, 2.45) is 0 Å². The van der Waals surface area contributed by atoms with Gasteiger partial charge in [-0.05, 0) is 36.2 Å². The van der Waals surface area contributed by atoms with Gasteiger partial charge in [0.25, 0.3) is 10.0 Å². The second-order valence-corrected chi connectivity index (χ2v) is 9.69. The van der Waals surface area contributed by atoms with Crippen molar-refractivity contribution in [3.05, 3.63) is 71.4 Å². The van der Waals surface area contributed by atoms with Gasteiger partial charge in [0, 0.05) is 29.5 Å². The van der Waals surface area contributed by atoms with Crippen LogP contribution in [0.5, 0.6) is 5.88 Å². The van der Waals surface area contributed by atoms with Crippen LogP contribution in [-0.2, 0) is 10.0 Å². The molecule has 0 radical (unpaired) electrons. The summed E-state index contributed by atoms with van der Waals surface area (Å²) >= 11 is 5.95. The number of hydrogen-bond donors (Lipinski definition) is 3. The minimum atomic E-state index is -4.11. The van der Waals surface area contributed by atoms with Gasteiger partial charge in [-0.15, -0.1) is 0 Å². The third-order valence-electron chi connectivity index (χ3n) is 5.54. The quantitative estimate of drug-likeness (QED) is 0.296. The molecule has 178 valence electrons. The molecule has 0 amide bonds. The molecule has 0 atom stereocenters. The third-order valence-corrected chi connectivity index (χ3v) is 7.10. The zero-order valence-corrected chi connectivity index (χ0v) is 20.0. The molecule has 3 aromatic heterocycles. The molecule has 0 aliphatic carbocycles. The van der Waals surface area contributed by atoms with E-state index in [1.54, 1.807) is 49.6 Å². The predicted octanol–water partition coefficient (Wildman–Crippen LogP) is 4.93. The van der Waals surface area contributed by atoms with Crippen molar-refractivity contribution in [1.29, 1.82) is 0 Å². The molecule has 0 spiro atoms. The lowest BCUT2D eigenvalue weighted by Crippen LogP contribution is -2.15. The van der Waals surface area contributed by atoms with Crippen LogP contribution in [0.1, 0.15) is 5.56 Å². The summed E-state index contributed by atoms with van der Waals surface area (Å²) in [5.41, 5.74) is 2.30. The van der Waals surface area contributed by atoms with Gasteiger partial charge in [-0.3, -0.25) is 9.82 Å². The lowest BCUT2D eigenvalue weighted by Gasteiger charge is -2.15. The number of sulfonamides is 1. The average Bonchev–Trinajstić information content (AvgIpc) is 3.51. The number of anilines is 1. The number of nitrogens with zero attached hydrogens (tertiary/aromatic N) is 3. The monoisotopic (exact) mass is 512 g/mol. The third kappa shape index (κ3) is 3.98. The van der Waals surface area contributed by atoms with Gasteiger partial charge in [0.2, 0.25) is 5.88 Å². The zero-order chi connectivity index (χ0) is 24.7. The van der Waals surface area contributed by atoms with Crippen LogP contribution in [0.4, 0.5) is 10.1 Å². The number of pyridine rings is 1. The highest BCUT2D eigenvalue weighted by Crippen LogP contribution is 2.36. The van der Waals surface area contributed by atoms with Crippen molar-refractivity contribution in [2.75, 3.05) is 11.8 Å². The smallest absolute Gasteiger partial charge is 0.267 e. The Bertz CT molecular complexity index is 1670. The summed E-state index contributed by atoms with van der Waals surface area (Å²) < 4.78 is 49.4. The van der Waals surface area contributed by atoms with Gasteiger partial charge in [-0.2, -0.15) is 5.10 Å². The molecule has 3 heterocycles. The normalized spacial score (nSPS) is 11.7. The van der Waals surface area contributed by atoms with E-state index in [4.69, 9.17) is 16.3 Å². The van der Waals surface area contributed by atoms with Crippen molar-refractivity contribution < 1.29 is 17.5 Å². The number of halogens is 2. The second-order valence-electron chi connectivity index (χ2n) is 7.60. The topological polar surface area (TPSA) is 126 Å². The molecular weight excluding hydrogens is 495 g/mol. The van der Waals surface area contributed by atoms with Gasteiger partial charge in [0.15, 0.2) is 16.5 Å². The van der Waals surface area contributed by atoms with Gasteiger partial charge in [0.05, 0.1) is 17.8 Å². The maximum Gasteiger partial charge on any atom is 0.267 e. The van der Waals surface area contributed by atoms with Crippen LogP contribution in [-0.4, -0.2) is 40.7 Å². The molecule has 12 heteroatoms. The molecule has 0 aliphatic rings. The van der Waals surface area contributed by atoms with Crippen LogP contribution in [0, 0.1) is 12.7 Å². The van der Waals surface area contributed by atoms with Crippen molar-refractivity contribution in [3.8, 4) is 28.5 Å². The van der Waals surface area contributed by atoms with Crippen molar-refractivity contribution >= 4 is 38.2 Å². The predicted molar refractivity (Wildman–Crippen MR) is 130 cm³/mol. The largest absolute Gasteiger partial charge is 0.480 e. The molecule has 35 heavy (non-hydrogen) atoms. The molecule has 5 aromatic rings. The van der Waals surface area contributed by atoms with Gasteiger partial charge in [-0.1, -0.05) is 29.8 Å². The molecule has 0 unspecified atom stereocenters. The Morgan fingerprint density at radius 1 is 1.14 bits per heavy atom. The maximum atomic E-state index is 15.6. The van der Waals surface area contributed by atoms with Gasteiger partial charge < -0.3 is 9.72 Å². The summed E-state index contributed by atoms with van der Waals surface area (Å²) in [5.74, 6) is -0.0997. The Kier molecular flexibility index (Phi) is 5.65.